The lowest BCUT2D eigenvalue weighted by atomic mass is 9.80. The van der Waals surface area contributed by atoms with E-state index < -0.39 is 24.0 Å². The summed E-state index contributed by atoms with van der Waals surface area (Å²) in [6.07, 6.45) is 11.2. The first-order valence-corrected chi connectivity index (χ1v) is 14.3. The molecule has 226 valence electrons. The van der Waals surface area contributed by atoms with Crippen molar-refractivity contribution in [3.63, 3.8) is 0 Å². The quantitative estimate of drug-likeness (QED) is 0.184. The number of benzene rings is 3. The highest BCUT2D eigenvalue weighted by Crippen LogP contribution is 2.42. The van der Waals surface area contributed by atoms with Crippen molar-refractivity contribution in [2.24, 2.45) is 0 Å². The van der Waals surface area contributed by atoms with Gasteiger partial charge in [-0.3, -0.25) is 4.90 Å². The molecule has 0 aliphatic carbocycles. The molecule has 0 amide bonds. The van der Waals surface area contributed by atoms with Crippen LogP contribution < -0.4 is 9.47 Å². The maximum absolute atomic E-state index is 11.1. The molecule has 0 saturated carbocycles. The first-order valence-electron chi connectivity index (χ1n) is 14.3. The summed E-state index contributed by atoms with van der Waals surface area (Å²) in [4.78, 5) is 1.91. The molecule has 1 aliphatic heterocycles. The Morgan fingerprint density at radius 1 is 0.909 bits per heavy atom. The minimum absolute atomic E-state index is 0.101. The molecule has 1 fully saturated rings. The molecule has 0 radical (unpaired) electrons. The van der Waals surface area contributed by atoms with Crippen LogP contribution in [0.1, 0.15) is 35.0 Å². The first kappa shape index (κ1) is 30.8. The number of terminal acetylenes is 2. The van der Waals surface area contributed by atoms with Gasteiger partial charge in [-0.1, -0.05) is 71.7 Å². The van der Waals surface area contributed by atoms with Crippen LogP contribution in [-0.2, 0) is 21.6 Å². The molecule has 0 spiro atoms. The fraction of sp³-hybridized carbons (Fsp3) is 0.314. The van der Waals surface area contributed by atoms with E-state index in [1.54, 1.807) is 25.1 Å². The Morgan fingerprint density at radius 2 is 1.48 bits per heavy atom. The third kappa shape index (κ3) is 6.62. The number of hydrogen-bond acceptors (Lipinski definition) is 8. The highest BCUT2D eigenvalue weighted by atomic mass is 16.6. The normalized spacial score (nSPS) is 18.1. The van der Waals surface area contributed by atoms with Gasteiger partial charge < -0.3 is 24.1 Å². The monoisotopic (exact) mass is 592 g/mol. The average molecular weight is 593 g/mol. The van der Waals surface area contributed by atoms with Crippen LogP contribution in [0.3, 0.4) is 0 Å². The minimum atomic E-state index is -1.03. The summed E-state index contributed by atoms with van der Waals surface area (Å²) >= 11 is 0. The number of hydrogen-bond donors (Lipinski definition) is 1. The predicted octanol–water partition coefficient (Wildman–Crippen LogP) is 4.02. The zero-order valence-electron chi connectivity index (χ0n) is 24.9. The molecule has 2 heterocycles. The zero-order valence-corrected chi connectivity index (χ0v) is 24.9. The molecule has 1 aromatic heterocycles. The predicted molar refractivity (Wildman–Crippen MR) is 166 cm³/mol. The molecule has 9 heteroatoms. The van der Waals surface area contributed by atoms with Crippen molar-refractivity contribution in [3.05, 3.63) is 107 Å². The lowest BCUT2D eigenvalue weighted by molar-refractivity contribution is -0.0959. The number of aliphatic hydroxyl groups excluding tert-OH is 1. The first-order chi connectivity index (χ1) is 21.5. The Bertz CT molecular complexity index is 1510. The summed E-state index contributed by atoms with van der Waals surface area (Å²) in [5.41, 5.74) is 2.38. The van der Waals surface area contributed by atoms with Crippen LogP contribution in [0.2, 0.25) is 0 Å². The van der Waals surface area contributed by atoms with Crippen LogP contribution in [0.15, 0.2) is 85.1 Å². The number of ether oxygens (including phenoxy) is 4. The third-order valence-electron chi connectivity index (χ3n) is 7.71. The van der Waals surface area contributed by atoms with Crippen molar-refractivity contribution in [1.82, 2.24) is 19.9 Å². The molecule has 1 N–H and O–H groups in total. The largest absolute Gasteiger partial charge is 0.497 e. The van der Waals surface area contributed by atoms with Crippen molar-refractivity contribution in [2.45, 2.75) is 37.0 Å². The van der Waals surface area contributed by atoms with Gasteiger partial charge in [-0.15, -0.1) is 17.9 Å². The SMILES string of the molecule is C#CCN(CC#C)Cc1cn([C@@H]2C[C@@H](O)[C@@H](COC(c3ccccc3)(c3ccc(OC)cc3)c3ccc(OC)cc3)O2)nn1. The average Bonchev–Trinajstić information content (AvgIpc) is 3.69. The van der Waals surface area contributed by atoms with Gasteiger partial charge in [0.05, 0.1) is 51.9 Å². The van der Waals surface area contributed by atoms with Crippen molar-refractivity contribution >= 4 is 0 Å². The summed E-state index contributed by atoms with van der Waals surface area (Å²) < 4.78 is 25.7. The van der Waals surface area contributed by atoms with E-state index >= 15 is 0 Å². The Hall–Kier alpha value is -4.64. The number of rotatable bonds is 13. The highest BCUT2D eigenvalue weighted by Gasteiger charge is 2.42. The number of nitrogens with zero attached hydrogens (tertiary/aromatic N) is 4. The van der Waals surface area contributed by atoms with E-state index in [1.807, 2.05) is 83.8 Å². The molecule has 3 atom stereocenters. The van der Waals surface area contributed by atoms with Gasteiger partial charge in [-0.25, -0.2) is 4.68 Å². The van der Waals surface area contributed by atoms with E-state index in [1.165, 1.54) is 0 Å². The lowest BCUT2D eigenvalue weighted by Gasteiger charge is -2.37. The molecule has 0 bridgehead atoms. The minimum Gasteiger partial charge on any atom is -0.497 e. The summed E-state index contributed by atoms with van der Waals surface area (Å²) in [6, 6.07) is 25.6. The Kier molecular flexibility index (Phi) is 9.96. The van der Waals surface area contributed by atoms with Crippen LogP contribution in [0.25, 0.3) is 0 Å². The maximum atomic E-state index is 11.1. The van der Waals surface area contributed by atoms with E-state index in [2.05, 4.69) is 22.2 Å². The van der Waals surface area contributed by atoms with Crippen molar-refractivity contribution < 1.29 is 24.1 Å². The van der Waals surface area contributed by atoms with Gasteiger partial charge in [-0.2, -0.15) is 0 Å². The molecule has 1 saturated heterocycles. The van der Waals surface area contributed by atoms with E-state index in [4.69, 9.17) is 31.8 Å². The smallest absolute Gasteiger partial charge is 0.155 e. The van der Waals surface area contributed by atoms with Crippen molar-refractivity contribution in [1.29, 1.82) is 0 Å². The van der Waals surface area contributed by atoms with Crippen LogP contribution >= 0.6 is 0 Å². The molecular formula is C35H36N4O5. The molecule has 0 unspecified atom stereocenters. The van der Waals surface area contributed by atoms with Gasteiger partial charge in [0.2, 0.25) is 0 Å². The van der Waals surface area contributed by atoms with Crippen LogP contribution in [0.4, 0.5) is 0 Å². The van der Waals surface area contributed by atoms with Crippen LogP contribution in [0.5, 0.6) is 11.5 Å². The molecular weight excluding hydrogens is 556 g/mol. The second-order valence-electron chi connectivity index (χ2n) is 10.5. The van der Waals surface area contributed by atoms with E-state index in [-0.39, 0.29) is 6.61 Å². The summed E-state index contributed by atoms with van der Waals surface area (Å²) in [7, 11) is 3.27. The second-order valence-corrected chi connectivity index (χ2v) is 10.5. The number of aromatic nitrogens is 3. The fourth-order valence-corrected chi connectivity index (χ4v) is 5.49. The Labute approximate surface area is 258 Å². The molecule has 9 nitrogen and oxygen atoms in total. The van der Waals surface area contributed by atoms with E-state index in [0.717, 1.165) is 28.2 Å². The Balaban J connectivity index is 1.42. The van der Waals surface area contributed by atoms with Gasteiger partial charge in [-0.05, 0) is 41.0 Å². The van der Waals surface area contributed by atoms with E-state index in [0.29, 0.717) is 31.7 Å². The number of aliphatic hydroxyl groups is 1. The number of methoxy groups -OCH3 is 2. The van der Waals surface area contributed by atoms with Crippen molar-refractivity contribution in [2.75, 3.05) is 33.9 Å². The topological polar surface area (TPSA) is 91.1 Å². The van der Waals surface area contributed by atoms with Crippen molar-refractivity contribution in [3.8, 4) is 36.2 Å². The van der Waals surface area contributed by atoms with Gasteiger partial charge in [0.1, 0.15) is 23.2 Å². The molecule has 1 aliphatic rings. The maximum Gasteiger partial charge on any atom is 0.155 e. The standard InChI is InChI=1S/C35H36N4O5/c1-5-20-38(21-6-2)23-29-24-39(37-36-29)34-22-32(40)33(44-34)25-43-35(26-10-8-7-9-11-26,27-12-16-30(41-3)17-13-27)28-14-18-31(42-4)19-15-28/h1-2,7-19,24,32-34,40H,20-23,25H2,3-4H3/t32-,33-,34+/m1/s1. The summed E-state index contributed by atoms with van der Waals surface area (Å²) in [5.74, 6) is 6.69. The van der Waals surface area contributed by atoms with E-state index in [9.17, 15) is 5.11 Å². The summed E-state index contributed by atoms with van der Waals surface area (Å²) in [5, 5.41) is 19.6. The zero-order chi connectivity index (χ0) is 30.9. The van der Waals surface area contributed by atoms with Crippen LogP contribution in [0, 0.1) is 24.7 Å². The Morgan fingerprint density at radius 3 is 2.02 bits per heavy atom. The molecule has 44 heavy (non-hydrogen) atoms. The second kappa shape index (κ2) is 14.2. The molecule has 3 aromatic carbocycles. The molecule has 4 aromatic rings. The van der Waals surface area contributed by atoms with Gasteiger partial charge in [0, 0.05) is 13.0 Å². The highest BCUT2D eigenvalue weighted by molar-refractivity contribution is 5.49. The van der Waals surface area contributed by atoms with Gasteiger partial charge >= 0.3 is 0 Å². The lowest BCUT2D eigenvalue weighted by Crippen LogP contribution is -2.38. The van der Waals surface area contributed by atoms with Gasteiger partial charge in [0.15, 0.2) is 6.23 Å². The third-order valence-corrected chi connectivity index (χ3v) is 7.71. The summed E-state index contributed by atoms with van der Waals surface area (Å²) in [6.45, 7) is 1.37. The van der Waals surface area contributed by atoms with Gasteiger partial charge in [0.25, 0.3) is 0 Å². The fourth-order valence-electron chi connectivity index (χ4n) is 5.49. The molecule has 5 rings (SSSR count). The van der Waals surface area contributed by atoms with Crippen LogP contribution in [-0.4, -0.2) is 71.1 Å².